The molecule has 0 aliphatic carbocycles. The first-order chi connectivity index (χ1) is 9.10. The van der Waals surface area contributed by atoms with Crippen molar-refractivity contribution in [3.8, 4) is 0 Å². The second-order valence-corrected chi connectivity index (χ2v) is 5.29. The molecule has 0 aromatic carbocycles. The summed E-state index contributed by atoms with van der Waals surface area (Å²) in [4.78, 5) is 18.2. The Labute approximate surface area is 113 Å². The molecule has 2 amide bonds. The van der Waals surface area contributed by atoms with Crippen LogP contribution in [0.2, 0.25) is 0 Å². The average molecular weight is 266 g/mol. The molecule has 6 heteroatoms. The molecule has 1 N–H and O–H groups in total. The molecule has 0 saturated carbocycles. The van der Waals surface area contributed by atoms with E-state index in [1.807, 2.05) is 25.7 Å². The summed E-state index contributed by atoms with van der Waals surface area (Å²) < 4.78 is 5.15. The van der Waals surface area contributed by atoms with Crippen molar-refractivity contribution in [2.24, 2.45) is 0 Å². The number of urea groups is 1. The van der Waals surface area contributed by atoms with Gasteiger partial charge in [0.1, 0.15) is 0 Å². The number of rotatable bonds is 3. The molecule has 2 heterocycles. The van der Waals surface area contributed by atoms with Crippen LogP contribution in [0, 0.1) is 0 Å². The van der Waals surface area contributed by atoms with Gasteiger partial charge in [0, 0.05) is 31.5 Å². The zero-order valence-electron chi connectivity index (χ0n) is 11.8. The van der Waals surface area contributed by atoms with Gasteiger partial charge in [0.25, 0.3) is 0 Å². The molecular weight excluding hydrogens is 244 g/mol. The Kier molecular flexibility index (Phi) is 4.39. The number of nitrogens with one attached hydrogen (secondary N) is 1. The fourth-order valence-electron chi connectivity index (χ4n) is 2.29. The lowest BCUT2D eigenvalue weighted by molar-refractivity contribution is 0.175. The van der Waals surface area contributed by atoms with Gasteiger partial charge in [0.2, 0.25) is 5.89 Å². The van der Waals surface area contributed by atoms with E-state index in [4.69, 9.17) is 4.52 Å². The molecule has 1 aromatic heterocycles. The summed E-state index contributed by atoms with van der Waals surface area (Å²) in [6, 6.07) is 0.156. The van der Waals surface area contributed by atoms with Gasteiger partial charge in [-0.05, 0) is 26.7 Å². The molecule has 6 nitrogen and oxygen atoms in total. The summed E-state index contributed by atoms with van der Waals surface area (Å²) in [7, 11) is 0. The molecular formula is C13H22N4O2. The molecule has 2 rings (SSSR count). The predicted molar refractivity (Wildman–Crippen MR) is 70.9 cm³/mol. The highest BCUT2D eigenvalue weighted by atomic mass is 16.5. The highest BCUT2D eigenvalue weighted by Crippen LogP contribution is 2.24. The van der Waals surface area contributed by atoms with Gasteiger partial charge in [0.15, 0.2) is 5.82 Å². The Bertz CT molecular complexity index is 430. The lowest BCUT2D eigenvalue weighted by atomic mass is 9.97. The third kappa shape index (κ3) is 3.45. The largest absolute Gasteiger partial charge is 0.339 e. The maximum atomic E-state index is 12.0. The molecule has 1 atom stereocenters. The van der Waals surface area contributed by atoms with Crippen molar-refractivity contribution in [2.75, 3.05) is 13.1 Å². The minimum atomic E-state index is -0.00101. The number of carbonyl (C=O) groups excluding carboxylic acids is 1. The van der Waals surface area contributed by atoms with Gasteiger partial charge in [-0.3, -0.25) is 0 Å². The lowest BCUT2D eigenvalue weighted by Gasteiger charge is -2.31. The molecule has 1 saturated heterocycles. The van der Waals surface area contributed by atoms with Crippen LogP contribution in [0.1, 0.15) is 51.2 Å². The highest BCUT2D eigenvalue weighted by molar-refractivity contribution is 5.74. The van der Waals surface area contributed by atoms with Crippen LogP contribution >= 0.6 is 0 Å². The number of nitrogens with zero attached hydrogens (tertiary/aromatic N) is 3. The Morgan fingerprint density at radius 3 is 3.00 bits per heavy atom. The number of amides is 2. The van der Waals surface area contributed by atoms with Crippen molar-refractivity contribution in [1.29, 1.82) is 0 Å². The van der Waals surface area contributed by atoms with Crippen molar-refractivity contribution < 1.29 is 9.32 Å². The van der Waals surface area contributed by atoms with E-state index in [9.17, 15) is 4.79 Å². The summed E-state index contributed by atoms with van der Waals surface area (Å²) >= 11 is 0. The van der Waals surface area contributed by atoms with Crippen molar-refractivity contribution in [3.63, 3.8) is 0 Å². The quantitative estimate of drug-likeness (QED) is 0.907. The van der Waals surface area contributed by atoms with Crippen LogP contribution in [-0.4, -0.2) is 40.2 Å². The maximum Gasteiger partial charge on any atom is 0.317 e. The van der Waals surface area contributed by atoms with E-state index in [0.717, 1.165) is 31.6 Å². The molecule has 0 radical (unpaired) electrons. The minimum absolute atomic E-state index is 0.00101. The van der Waals surface area contributed by atoms with Crippen LogP contribution in [0.4, 0.5) is 4.79 Å². The second kappa shape index (κ2) is 6.04. The fraction of sp³-hybridized carbons (Fsp3) is 0.769. The third-order valence-electron chi connectivity index (χ3n) is 3.27. The molecule has 106 valence electrons. The molecule has 0 bridgehead atoms. The minimum Gasteiger partial charge on any atom is -0.339 e. The zero-order valence-corrected chi connectivity index (χ0v) is 11.8. The first-order valence-electron chi connectivity index (χ1n) is 6.98. The number of aryl methyl sites for hydroxylation is 1. The van der Waals surface area contributed by atoms with E-state index in [1.54, 1.807) is 0 Å². The molecule has 19 heavy (non-hydrogen) atoms. The van der Waals surface area contributed by atoms with E-state index < -0.39 is 0 Å². The Balaban J connectivity index is 1.98. The smallest absolute Gasteiger partial charge is 0.317 e. The molecule has 0 unspecified atom stereocenters. The van der Waals surface area contributed by atoms with E-state index in [1.165, 1.54) is 0 Å². The van der Waals surface area contributed by atoms with Crippen LogP contribution in [0.5, 0.6) is 0 Å². The highest BCUT2D eigenvalue weighted by Gasteiger charge is 2.27. The van der Waals surface area contributed by atoms with Gasteiger partial charge in [-0.15, -0.1) is 0 Å². The second-order valence-electron chi connectivity index (χ2n) is 5.29. The summed E-state index contributed by atoms with van der Waals surface area (Å²) in [6.45, 7) is 7.38. The van der Waals surface area contributed by atoms with Crippen LogP contribution < -0.4 is 5.32 Å². The molecule has 1 aromatic rings. The lowest BCUT2D eigenvalue weighted by Crippen LogP contribution is -2.47. The van der Waals surface area contributed by atoms with Crippen molar-refractivity contribution >= 4 is 6.03 Å². The van der Waals surface area contributed by atoms with Crippen LogP contribution in [-0.2, 0) is 6.42 Å². The van der Waals surface area contributed by atoms with Gasteiger partial charge >= 0.3 is 6.03 Å². The van der Waals surface area contributed by atoms with Gasteiger partial charge < -0.3 is 14.7 Å². The number of hydrogen-bond acceptors (Lipinski definition) is 4. The van der Waals surface area contributed by atoms with Gasteiger partial charge in [-0.25, -0.2) is 4.79 Å². The van der Waals surface area contributed by atoms with Crippen LogP contribution in [0.15, 0.2) is 4.52 Å². The van der Waals surface area contributed by atoms with Gasteiger partial charge in [0.05, 0.1) is 0 Å². The number of hydrogen-bond donors (Lipinski definition) is 1. The SMILES string of the molecule is CCc1nc([C@@H]2CCCN(C(=O)NC(C)C)C2)no1. The first kappa shape index (κ1) is 13.8. The first-order valence-corrected chi connectivity index (χ1v) is 6.98. The van der Waals surface area contributed by atoms with E-state index >= 15 is 0 Å². The summed E-state index contributed by atoms with van der Waals surface area (Å²) in [5, 5.41) is 6.94. The summed E-state index contributed by atoms with van der Waals surface area (Å²) in [5.41, 5.74) is 0. The monoisotopic (exact) mass is 266 g/mol. The normalized spacial score (nSPS) is 19.8. The zero-order chi connectivity index (χ0) is 13.8. The predicted octanol–water partition coefficient (Wildman–Crippen LogP) is 1.93. The van der Waals surface area contributed by atoms with E-state index in [-0.39, 0.29) is 18.0 Å². The van der Waals surface area contributed by atoms with Gasteiger partial charge in [-0.2, -0.15) is 4.98 Å². The maximum absolute atomic E-state index is 12.0. The van der Waals surface area contributed by atoms with Crippen molar-refractivity contribution in [2.45, 2.75) is 52.0 Å². The fourth-order valence-corrected chi connectivity index (χ4v) is 2.29. The average Bonchev–Trinajstić information content (AvgIpc) is 2.87. The topological polar surface area (TPSA) is 71.3 Å². The number of likely N-dealkylation sites (tertiary alicyclic amines) is 1. The standard InChI is InChI=1S/C13H22N4O2/c1-4-11-15-12(16-19-11)10-6-5-7-17(8-10)13(18)14-9(2)3/h9-10H,4-8H2,1-3H3,(H,14,18)/t10-/m1/s1. The number of piperidine rings is 1. The summed E-state index contributed by atoms with van der Waals surface area (Å²) in [5.74, 6) is 1.59. The van der Waals surface area contributed by atoms with Crippen molar-refractivity contribution in [3.05, 3.63) is 11.7 Å². The van der Waals surface area contributed by atoms with Crippen LogP contribution in [0.25, 0.3) is 0 Å². The molecule has 1 aliphatic rings. The molecule has 0 spiro atoms. The van der Waals surface area contributed by atoms with E-state index in [0.29, 0.717) is 12.4 Å². The Morgan fingerprint density at radius 2 is 2.37 bits per heavy atom. The molecule has 1 fully saturated rings. The third-order valence-corrected chi connectivity index (χ3v) is 3.27. The van der Waals surface area contributed by atoms with Gasteiger partial charge in [-0.1, -0.05) is 12.1 Å². The molecule has 1 aliphatic heterocycles. The number of aromatic nitrogens is 2. The number of carbonyl (C=O) groups is 1. The van der Waals surface area contributed by atoms with E-state index in [2.05, 4.69) is 15.5 Å². The van der Waals surface area contributed by atoms with Crippen molar-refractivity contribution in [1.82, 2.24) is 20.4 Å². The summed E-state index contributed by atoms with van der Waals surface area (Å²) in [6.07, 6.45) is 2.73. The Morgan fingerprint density at radius 1 is 1.58 bits per heavy atom. The Hall–Kier alpha value is -1.59. The van der Waals surface area contributed by atoms with Crippen LogP contribution in [0.3, 0.4) is 0 Å².